The van der Waals surface area contributed by atoms with E-state index < -0.39 is 0 Å². The molecule has 3 rings (SSSR count). The van der Waals surface area contributed by atoms with Gasteiger partial charge >= 0.3 is 0 Å². The molecule has 2 atom stereocenters. The predicted octanol–water partition coefficient (Wildman–Crippen LogP) is 3.48. The number of para-hydroxylation sites is 1. The van der Waals surface area contributed by atoms with Crippen LogP contribution in [0.2, 0.25) is 0 Å². The molecule has 148 valence electrons. The van der Waals surface area contributed by atoms with E-state index in [0.29, 0.717) is 13.1 Å². The van der Waals surface area contributed by atoms with Crippen LogP contribution in [0.3, 0.4) is 0 Å². The molecule has 5 heteroatoms. The number of carbonyl (C=O) groups excluding carboxylic acids is 1. The maximum Gasteiger partial charge on any atom is 0.236 e. The SMILES string of the molecule is CCNC(=O)[C@@H](C)NC[C@@H](c1ccc(N(C)C)cc1)c1c[nH]c2ccccc12. The fourth-order valence-corrected chi connectivity index (χ4v) is 3.51. The van der Waals surface area contributed by atoms with Crippen molar-refractivity contribution in [1.29, 1.82) is 0 Å². The third kappa shape index (κ3) is 4.37. The van der Waals surface area contributed by atoms with Crippen molar-refractivity contribution in [2.24, 2.45) is 0 Å². The van der Waals surface area contributed by atoms with Crippen molar-refractivity contribution in [3.05, 3.63) is 65.9 Å². The molecular formula is C23H30N4O. The van der Waals surface area contributed by atoms with Crippen molar-refractivity contribution < 1.29 is 4.79 Å². The normalized spacial score (nSPS) is 13.3. The molecule has 0 fully saturated rings. The van der Waals surface area contributed by atoms with E-state index in [1.165, 1.54) is 22.2 Å². The number of anilines is 1. The van der Waals surface area contributed by atoms with E-state index in [9.17, 15) is 4.79 Å². The van der Waals surface area contributed by atoms with Crippen molar-refractivity contribution in [1.82, 2.24) is 15.6 Å². The summed E-state index contributed by atoms with van der Waals surface area (Å²) in [6.07, 6.45) is 2.09. The number of H-pyrrole nitrogens is 1. The summed E-state index contributed by atoms with van der Waals surface area (Å²) in [7, 11) is 4.09. The zero-order chi connectivity index (χ0) is 20.1. The molecule has 0 unspecified atom stereocenters. The number of benzene rings is 2. The highest BCUT2D eigenvalue weighted by Gasteiger charge is 2.20. The van der Waals surface area contributed by atoms with Gasteiger partial charge in [0, 0.05) is 55.9 Å². The number of amides is 1. The van der Waals surface area contributed by atoms with E-state index in [4.69, 9.17) is 0 Å². The van der Waals surface area contributed by atoms with E-state index in [2.05, 4.69) is 69.2 Å². The van der Waals surface area contributed by atoms with Gasteiger partial charge in [0.25, 0.3) is 0 Å². The molecule has 0 aliphatic rings. The number of aromatic nitrogens is 1. The lowest BCUT2D eigenvalue weighted by Gasteiger charge is -2.22. The molecule has 0 bridgehead atoms. The number of hydrogen-bond donors (Lipinski definition) is 3. The Bertz CT molecular complexity index is 914. The standard InChI is InChI=1S/C23H30N4O/c1-5-24-23(28)16(2)25-14-20(17-10-12-18(13-11-17)27(3)4)21-15-26-22-9-7-6-8-19(21)22/h6-13,15-16,20,25-26H,5,14H2,1-4H3,(H,24,28)/t16-,20+/m1/s1. The molecule has 2 aromatic carbocycles. The molecule has 0 saturated heterocycles. The minimum Gasteiger partial charge on any atom is -0.378 e. The number of aromatic amines is 1. The number of rotatable bonds is 8. The molecule has 1 amide bonds. The minimum absolute atomic E-state index is 0.0307. The third-order valence-corrected chi connectivity index (χ3v) is 5.18. The Hall–Kier alpha value is -2.79. The highest BCUT2D eigenvalue weighted by atomic mass is 16.2. The van der Waals surface area contributed by atoms with Crippen molar-refractivity contribution in [3.8, 4) is 0 Å². The van der Waals surface area contributed by atoms with Gasteiger partial charge < -0.3 is 20.5 Å². The lowest BCUT2D eigenvalue weighted by atomic mass is 9.90. The van der Waals surface area contributed by atoms with Crippen LogP contribution in [0, 0.1) is 0 Å². The molecule has 0 radical (unpaired) electrons. The molecule has 1 heterocycles. The monoisotopic (exact) mass is 378 g/mol. The van der Waals surface area contributed by atoms with Crippen LogP contribution >= 0.6 is 0 Å². The van der Waals surface area contributed by atoms with Gasteiger partial charge in [-0.15, -0.1) is 0 Å². The van der Waals surface area contributed by atoms with Crippen molar-refractivity contribution in [2.45, 2.75) is 25.8 Å². The van der Waals surface area contributed by atoms with Gasteiger partial charge in [-0.05, 0) is 43.2 Å². The van der Waals surface area contributed by atoms with Crippen LogP contribution in [0.5, 0.6) is 0 Å². The average Bonchev–Trinajstić information content (AvgIpc) is 3.12. The number of hydrogen-bond acceptors (Lipinski definition) is 3. The van der Waals surface area contributed by atoms with Crippen LogP contribution in [0.4, 0.5) is 5.69 Å². The lowest BCUT2D eigenvalue weighted by Crippen LogP contribution is -2.43. The average molecular weight is 379 g/mol. The van der Waals surface area contributed by atoms with E-state index in [0.717, 1.165) is 5.52 Å². The first kappa shape index (κ1) is 20.0. The Labute approximate surface area is 167 Å². The zero-order valence-electron chi connectivity index (χ0n) is 17.1. The largest absolute Gasteiger partial charge is 0.378 e. The summed E-state index contributed by atoms with van der Waals surface area (Å²) in [5.41, 5.74) is 4.77. The van der Waals surface area contributed by atoms with Gasteiger partial charge in [-0.2, -0.15) is 0 Å². The van der Waals surface area contributed by atoms with Gasteiger partial charge in [-0.1, -0.05) is 30.3 Å². The topological polar surface area (TPSA) is 60.2 Å². The second-order valence-corrected chi connectivity index (χ2v) is 7.35. The van der Waals surface area contributed by atoms with Crippen LogP contribution in [0.25, 0.3) is 10.9 Å². The van der Waals surface area contributed by atoms with Crippen LogP contribution in [0.15, 0.2) is 54.7 Å². The van der Waals surface area contributed by atoms with E-state index >= 15 is 0 Å². The van der Waals surface area contributed by atoms with Gasteiger partial charge in [0.1, 0.15) is 0 Å². The highest BCUT2D eigenvalue weighted by molar-refractivity contribution is 5.84. The van der Waals surface area contributed by atoms with Crippen LogP contribution < -0.4 is 15.5 Å². The molecule has 3 N–H and O–H groups in total. The smallest absolute Gasteiger partial charge is 0.236 e. The number of nitrogens with one attached hydrogen (secondary N) is 3. The maximum atomic E-state index is 12.1. The van der Waals surface area contributed by atoms with Crippen LogP contribution in [0.1, 0.15) is 30.9 Å². The summed E-state index contributed by atoms with van der Waals surface area (Å²) in [4.78, 5) is 17.6. The van der Waals surface area contributed by atoms with Crippen LogP contribution in [-0.4, -0.2) is 44.1 Å². The van der Waals surface area contributed by atoms with E-state index in [1.807, 2.05) is 34.0 Å². The summed E-state index contributed by atoms with van der Waals surface area (Å²) in [5.74, 6) is 0.173. The molecule has 0 aliphatic carbocycles. The Morgan fingerprint density at radius 1 is 1.11 bits per heavy atom. The Morgan fingerprint density at radius 2 is 1.82 bits per heavy atom. The summed E-state index contributed by atoms with van der Waals surface area (Å²) >= 11 is 0. The van der Waals surface area contributed by atoms with Gasteiger partial charge in [-0.3, -0.25) is 4.79 Å². The van der Waals surface area contributed by atoms with Crippen LogP contribution in [-0.2, 0) is 4.79 Å². The first-order valence-electron chi connectivity index (χ1n) is 9.85. The Kier molecular flexibility index (Phi) is 6.37. The highest BCUT2D eigenvalue weighted by Crippen LogP contribution is 2.31. The van der Waals surface area contributed by atoms with Crippen molar-refractivity contribution in [3.63, 3.8) is 0 Å². The van der Waals surface area contributed by atoms with Crippen molar-refractivity contribution >= 4 is 22.5 Å². The van der Waals surface area contributed by atoms with Gasteiger partial charge in [0.05, 0.1) is 6.04 Å². The third-order valence-electron chi connectivity index (χ3n) is 5.18. The number of nitrogens with zero attached hydrogens (tertiary/aromatic N) is 1. The number of fused-ring (bicyclic) bond motifs is 1. The predicted molar refractivity (Wildman–Crippen MR) is 117 cm³/mol. The summed E-state index contributed by atoms with van der Waals surface area (Å²) in [6, 6.07) is 16.8. The molecule has 0 spiro atoms. The number of likely N-dealkylation sites (N-methyl/N-ethyl adjacent to an activating group) is 1. The second kappa shape index (κ2) is 8.93. The summed E-state index contributed by atoms with van der Waals surface area (Å²) < 4.78 is 0. The van der Waals surface area contributed by atoms with Gasteiger partial charge in [-0.25, -0.2) is 0 Å². The summed E-state index contributed by atoms with van der Waals surface area (Å²) in [6.45, 7) is 5.17. The molecule has 0 aliphatic heterocycles. The zero-order valence-corrected chi connectivity index (χ0v) is 17.1. The molecule has 1 aromatic heterocycles. The van der Waals surface area contributed by atoms with Gasteiger partial charge in [0.2, 0.25) is 5.91 Å². The minimum atomic E-state index is -0.242. The molecule has 28 heavy (non-hydrogen) atoms. The fourth-order valence-electron chi connectivity index (χ4n) is 3.51. The second-order valence-electron chi connectivity index (χ2n) is 7.35. The maximum absolute atomic E-state index is 12.1. The van der Waals surface area contributed by atoms with E-state index in [1.54, 1.807) is 0 Å². The Morgan fingerprint density at radius 3 is 2.50 bits per heavy atom. The summed E-state index contributed by atoms with van der Waals surface area (Å²) in [5, 5.41) is 7.52. The van der Waals surface area contributed by atoms with Gasteiger partial charge in [0.15, 0.2) is 0 Å². The molecule has 0 saturated carbocycles. The molecular weight excluding hydrogens is 348 g/mol. The quantitative estimate of drug-likeness (QED) is 0.562. The molecule has 3 aromatic rings. The lowest BCUT2D eigenvalue weighted by molar-refractivity contribution is -0.122. The van der Waals surface area contributed by atoms with E-state index in [-0.39, 0.29) is 17.9 Å². The first-order chi connectivity index (χ1) is 13.5. The first-order valence-corrected chi connectivity index (χ1v) is 9.85. The molecule has 5 nitrogen and oxygen atoms in total. The van der Waals surface area contributed by atoms with Crippen molar-refractivity contribution in [2.75, 3.05) is 32.1 Å². The number of carbonyl (C=O) groups is 1. The Balaban J connectivity index is 1.91. The fraction of sp³-hybridized carbons (Fsp3) is 0.348.